The summed E-state index contributed by atoms with van der Waals surface area (Å²) in [5.41, 5.74) is 2.64. The largest absolute Gasteiger partial charge is 0.496 e. The lowest BCUT2D eigenvalue weighted by Crippen LogP contribution is -2.30. The van der Waals surface area contributed by atoms with Crippen LogP contribution >= 0.6 is 0 Å². The fourth-order valence-corrected chi connectivity index (χ4v) is 2.55. The maximum atomic E-state index is 5.43. The number of fused-ring (bicyclic) bond motifs is 1. The van der Waals surface area contributed by atoms with Crippen molar-refractivity contribution in [3.63, 3.8) is 0 Å². The Morgan fingerprint density at radius 2 is 2.26 bits per heavy atom. The molecule has 0 unspecified atom stereocenters. The van der Waals surface area contributed by atoms with Gasteiger partial charge in [-0.3, -0.25) is 4.90 Å². The number of methoxy groups -OCH3 is 1. The Labute approximate surface area is 112 Å². The van der Waals surface area contributed by atoms with Crippen molar-refractivity contribution in [2.75, 3.05) is 13.7 Å². The molecule has 5 heteroatoms. The number of nitrogens with zero attached hydrogens (tertiary/aromatic N) is 3. The molecule has 0 bridgehead atoms. The molecule has 1 aromatic heterocycles. The first kappa shape index (κ1) is 12.2. The second kappa shape index (κ2) is 5.01. The number of aryl methyl sites for hydroxylation is 1. The average molecular weight is 259 g/mol. The van der Waals surface area contributed by atoms with Crippen molar-refractivity contribution < 1.29 is 9.15 Å². The molecule has 0 fully saturated rings. The SMILES string of the molecule is COc1cccc2c1CCN(Cc1nnc(C)o1)C2. The van der Waals surface area contributed by atoms with E-state index in [1.54, 1.807) is 7.11 Å². The predicted molar refractivity (Wildman–Crippen MR) is 69.8 cm³/mol. The standard InChI is InChI=1S/C14H17N3O2/c1-10-15-16-14(19-10)9-17-7-6-12-11(8-17)4-3-5-13(12)18-2/h3-5H,6-9H2,1-2H3. The van der Waals surface area contributed by atoms with Gasteiger partial charge in [0.25, 0.3) is 0 Å². The Morgan fingerprint density at radius 3 is 3.00 bits per heavy atom. The molecule has 0 radical (unpaired) electrons. The summed E-state index contributed by atoms with van der Waals surface area (Å²) in [5, 5.41) is 7.91. The summed E-state index contributed by atoms with van der Waals surface area (Å²) in [6, 6.07) is 6.22. The van der Waals surface area contributed by atoms with Gasteiger partial charge in [0.15, 0.2) is 0 Å². The van der Waals surface area contributed by atoms with Gasteiger partial charge in [0.05, 0.1) is 13.7 Å². The van der Waals surface area contributed by atoms with Gasteiger partial charge in [0.2, 0.25) is 11.8 Å². The quantitative estimate of drug-likeness (QED) is 0.843. The third-order valence-electron chi connectivity index (χ3n) is 3.45. The first-order valence-electron chi connectivity index (χ1n) is 6.42. The Bertz CT molecular complexity index is 580. The fraction of sp³-hybridized carbons (Fsp3) is 0.429. The lowest BCUT2D eigenvalue weighted by Gasteiger charge is -2.28. The first-order chi connectivity index (χ1) is 9.26. The molecule has 2 aromatic rings. The number of rotatable bonds is 3. The normalized spacial score (nSPS) is 15.3. The van der Waals surface area contributed by atoms with Gasteiger partial charge in [0, 0.05) is 20.0 Å². The smallest absolute Gasteiger partial charge is 0.230 e. The number of aromatic nitrogens is 2. The van der Waals surface area contributed by atoms with Gasteiger partial charge in [0.1, 0.15) is 5.75 Å². The molecule has 5 nitrogen and oxygen atoms in total. The van der Waals surface area contributed by atoms with Crippen LogP contribution in [0, 0.1) is 6.92 Å². The molecule has 0 spiro atoms. The Morgan fingerprint density at radius 1 is 1.37 bits per heavy atom. The van der Waals surface area contributed by atoms with E-state index < -0.39 is 0 Å². The minimum Gasteiger partial charge on any atom is -0.496 e. The van der Waals surface area contributed by atoms with E-state index in [0.29, 0.717) is 18.3 Å². The van der Waals surface area contributed by atoms with Crippen molar-refractivity contribution in [2.45, 2.75) is 26.4 Å². The predicted octanol–water partition coefficient (Wildman–Crippen LogP) is 1.94. The molecule has 0 aliphatic carbocycles. The third-order valence-corrected chi connectivity index (χ3v) is 3.45. The molecular weight excluding hydrogens is 242 g/mol. The van der Waals surface area contributed by atoms with Crippen LogP contribution in [0.2, 0.25) is 0 Å². The molecular formula is C14H17N3O2. The third kappa shape index (κ3) is 2.46. The van der Waals surface area contributed by atoms with E-state index in [1.165, 1.54) is 11.1 Å². The molecule has 0 saturated carbocycles. The summed E-state index contributed by atoms with van der Waals surface area (Å²) < 4.78 is 10.8. The molecule has 1 aromatic carbocycles. The van der Waals surface area contributed by atoms with Gasteiger partial charge in [-0.25, -0.2) is 0 Å². The monoisotopic (exact) mass is 259 g/mol. The topological polar surface area (TPSA) is 51.4 Å². The van der Waals surface area contributed by atoms with Crippen molar-refractivity contribution in [3.8, 4) is 5.75 Å². The van der Waals surface area contributed by atoms with Gasteiger partial charge in [-0.1, -0.05) is 12.1 Å². The van der Waals surface area contributed by atoms with Crippen LogP contribution in [0.25, 0.3) is 0 Å². The van der Waals surface area contributed by atoms with Crippen molar-refractivity contribution >= 4 is 0 Å². The fourth-order valence-electron chi connectivity index (χ4n) is 2.55. The molecule has 0 amide bonds. The zero-order valence-corrected chi connectivity index (χ0v) is 11.2. The van der Waals surface area contributed by atoms with E-state index in [2.05, 4.69) is 21.2 Å². The molecule has 2 heterocycles. The average Bonchev–Trinajstić information content (AvgIpc) is 2.83. The molecule has 0 N–H and O–H groups in total. The number of ether oxygens (including phenoxy) is 1. The van der Waals surface area contributed by atoms with E-state index in [4.69, 9.17) is 9.15 Å². The van der Waals surface area contributed by atoms with Gasteiger partial charge in [-0.05, 0) is 23.6 Å². The van der Waals surface area contributed by atoms with Gasteiger partial charge in [-0.15, -0.1) is 10.2 Å². The summed E-state index contributed by atoms with van der Waals surface area (Å²) in [6.45, 7) is 4.40. The highest BCUT2D eigenvalue weighted by Crippen LogP contribution is 2.28. The van der Waals surface area contributed by atoms with Gasteiger partial charge < -0.3 is 9.15 Å². The minimum atomic E-state index is 0.620. The maximum absolute atomic E-state index is 5.43. The van der Waals surface area contributed by atoms with E-state index in [1.807, 2.05) is 19.1 Å². The second-order valence-corrected chi connectivity index (χ2v) is 4.77. The molecule has 3 rings (SSSR count). The second-order valence-electron chi connectivity index (χ2n) is 4.77. The van der Waals surface area contributed by atoms with Crippen LogP contribution in [-0.4, -0.2) is 28.8 Å². The highest BCUT2D eigenvalue weighted by atomic mass is 16.5. The van der Waals surface area contributed by atoms with Crippen LogP contribution in [0.5, 0.6) is 5.75 Å². The van der Waals surface area contributed by atoms with E-state index in [-0.39, 0.29) is 0 Å². The lowest BCUT2D eigenvalue weighted by atomic mass is 9.99. The van der Waals surface area contributed by atoms with E-state index in [9.17, 15) is 0 Å². The minimum absolute atomic E-state index is 0.620. The summed E-state index contributed by atoms with van der Waals surface area (Å²) in [6.07, 6.45) is 0.993. The molecule has 1 aliphatic rings. The maximum Gasteiger partial charge on any atom is 0.230 e. The van der Waals surface area contributed by atoms with Crippen LogP contribution in [0.1, 0.15) is 22.9 Å². The summed E-state index contributed by atoms with van der Waals surface area (Å²) in [5.74, 6) is 2.30. The van der Waals surface area contributed by atoms with E-state index >= 15 is 0 Å². The lowest BCUT2D eigenvalue weighted by molar-refractivity contribution is 0.218. The molecule has 100 valence electrons. The highest BCUT2D eigenvalue weighted by molar-refractivity contribution is 5.41. The number of benzene rings is 1. The van der Waals surface area contributed by atoms with Gasteiger partial charge >= 0.3 is 0 Å². The highest BCUT2D eigenvalue weighted by Gasteiger charge is 2.20. The molecule has 1 aliphatic heterocycles. The van der Waals surface area contributed by atoms with Gasteiger partial charge in [-0.2, -0.15) is 0 Å². The van der Waals surface area contributed by atoms with Crippen LogP contribution in [0.4, 0.5) is 0 Å². The van der Waals surface area contributed by atoms with Crippen molar-refractivity contribution in [2.24, 2.45) is 0 Å². The van der Waals surface area contributed by atoms with Crippen molar-refractivity contribution in [1.29, 1.82) is 0 Å². The zero-order valence-electron chi connectivity index (χ0n) is 11.2. The van der Waals surface area contributed by atoms with Crippen LogP contribution in [0.3, 0.4) is 0 Å². The Kier molecular flexibility index (Phi) is 3.21. The molecule has 0 atom stereocenters. The zero-order chi connectivity index (χ0) is 13.2. The number of hydrogen-bond donors (Lipinski definition) is 0. The summed E-state index contributed by atoms with van der Waals surface area (Å²) >= 11 is 0. The van der Waals surface area contributed by atoms with Crippen molar-refractivity contribution in [3.05, 3.63) is 41.1 Å². The number of hydrogen-bond acceptors (Lipinski definition) is 5. The van der Waals surface area contributed by atoms with Crippen LogP contribution in [-0.2, 0) is 19.5 Å². The van der Waals surface area contributed by atoms with Crippen LogP contribution < -0.4 is 4.74 Å². The molecule has 19 heavy (non-hydrogen) atoms. The Balaban J connectivity index is 1.75. The summed E-state index contributed by atoms with van der Waals surface area (Å²) in [7, 11) is 1.73. The van der Waals surface area contributed by atoms with Crippen LogP contribution in [0.15, 0.2) is 22.6 Å². The first-order valence-corrected chi connectivity index (χ1v) is 6.42. The Hall–Kier alpha value is -1.88. The summed E-state index contributed by atoms with van der Waals surface area (Å²) in [4.78, 5) is 2.31. The van der Waals surface area contributed by atoms with Crippen molar-refractivity contribution in [1.82, 2.24) is 15.1 Å². The van der Waals surface area contributed by atoms with E-state index in [0.717, 1.165) is 25.3 Å². The molecule has 0 saturated heterocycles.